The van der Waals surface area contributed by atoms with Crippen LogP contribution in [-0.2, 0) is 4.79 Å². The molecule has 2 amide bonds. The van der Waals surface area contributed by atoms with Crippen molar-refractivity contribution in [1.82, 2.24) is 19.7 Å². The molecule has 2 aliphatic heterocycles. The monoisotopic (exact) mass is 394 g/mol. The average Bonchev–Trinajstić information content (AvgIpc) is 3.02. The SMILES string of the molecule is O=C(CN1CCCN(C(=O)c2cncc(Br)c2)CC1)N1CCCC1. The van der Waals surface area contributed by atoms with E-state index in [0.29, 0.717) is 18.7 Å². The van der Waals surface area contributed by atoms with Gasteiger partial charge in [0.2, 0.25) is 5.91 Å². The summed E-state index contributed by atoms with van der Waals surface area (Å²) >= 11 is 3.36. The van der Waals surface area contributed by atoms with Gasteiger partial charge in [-0.2, -0.15) is 0 Å². The van der Waals surface area contributed by atoms with Gasteiger partial charge in [-0.15, -0.1) is 0 Å². The third-order valence-corrected chi connectivity index (χ3v) is 5.08. The van der Waals surface area contributed by atoms with E-state index in [4.69, 9.17) is 0 Å². The van der Waals surface area contributed by atoms with Crippen molar-refractivity contribution in [2.45, 2.75) is 19.3 Å². The molecule has 0 radical (unpaired) electrons. The smallest absolute Gasteiger partial charge is 0.255 e. The van der Waals surface area contributed by atoms with Crippen LogP contribution in [0.2, 0.25) is 0 Å². The first-order valence-corrected chi connectivity index (χ1v) is 9.33. The van der Waals surface area contributed by atoms with Gasteiger partial charge in [0.25, 0.3) is 5.91 Å². The van der Waals surface area contributed by atoms with Crippen molar-refractivity contribution in [3.63, 3.8) is 0 Å². The van der Waals surface area contributed by atoms with Crippen LogP contribution in [0, 0.1) is 0 Å². The molecule has 3 heterocycles. The molecule has 0 atom stereocenters. The Morgan fingerprint density at radius 3 is 2.46 bits per heavy atom. The molecule has 6 nitrogen and oxygen atoms in total. The van der Waals surface area contributed by atoms with Crippen molar-refractivity contribution in [1.29, 1.82) is 0 Å². The summed E-state index contributed by atoms with van der Waals surface area (Å²) in [7, 11) is 0. The lowest BCUT2D eigenvalue weighted by Crippen LogP contribution is -2.41. The molecule has 0 saturated carbocycles. The maximum Gasteiger partial charge on any atom is 0.255 e. The molecular weight excluding hydrogens is 372 g/mol. The van der Waals surface area contributed by atoms with Crippen molar-refractivity contribution < 1.29 is 9.59 Å². The first kappa shape index (κ1) is 17.4. The summed E-state index contributed by atoms with van der Waals surface area (Å²) in [6.07, 6.45) is 6.40. The van der Waals surface area contributed by atoms with Crippen LogP contribution in [0.4, 0.5) is 0 Å². The first-order valence-electron chi connectivity index (χ1n) is 8.53. The number of amides is 2. The van der Waals surface area contributed by atoms with Gasteiger partial charge in [-0.3, -0.25) is 19.5 Å². The molecule has 2 fully saturated rings. The van der Waals surface area contributed by atoms with E-state index in [9.17, 15) is 9.59 Å². The fraction of sp³-hybridized carbons (Fsp3) is 0.588. The molecule has 2 saturated heterocycles. The molecule has 130 valence electrons. The zero-order valence-electron chi connectivity index (χ0n) is 13.8. The van der Waals surface area contributed by atoms with E-state index in [-0.39, 0.29) is 11.8 Å². The van der Waals surface area contributed by atoms with E-state index in [0.717, 1.165) is 56.5 Å². The van der Waals surface area contributed by atoms with Gasteiger partial charge < -0.3 is 9.80 Å². The highest BCUT2D eigenvalue weighted by molar-refractivity contribution is 9.10. The van der Waals surface area contributed by atoms with E-state index in [2.05, 4.69) is 25.8 Å². The lowest BCUT2D eigenvalue weighted by atomic mass is 10.2. The number of nitrogens with zero attached hydrogens (tertiary/aromatic N) is 4. The van der Waals surface area contributed by atoms with Gasteiger partial charge in [-0.05, 0) is 41.3 Å². The number of carbonyl (C=O) groups excluding carboxylic acids is 2. The molecule has 1 aromatic heterocycles. The Hall–Kier alpha value is -1.47. The van der Waals surface area contributed by atoms with Crippen molar-refractivity contribution in [3.05, 3.63) is 28.5 Å². The zero-order chi connectivity index (χ0) is 16.9. The topological polar surface area (TPSA) is 56.8 Å². The molecule has 0 spiro atoms. The highest BCUT2D eigenvalue weighted by Gasteiger charge is 2.24. The van der Waals surface area contributed by atoms with Gasteiger partial charge in [0.15, 0.2) is 0 Å². The van der Waals surface area contributed by atoms with E-state index >= 15 is 0 Å². The van der Waals surface area contributed by atoms with Crippen molar-refractivity contribution in [2.75, 3.05) is 45.8 Å². The number of pyridine rings is 1. The molecule has 0 unspecified atom stereocenters. The number of hydrogen-bond acceptors (Lipinski definition) is 4. The Morgan fingerprint density at radius 2 is 1.71 bits per heavy atom. The van der Waals surface area contributed by atoms with Gasteiger partial charge in [0.05, 0.1) is 12.1 Å². The summed E-state index contributed by atoms with van der Waals surface area (Å²) < 4.78 is 0.806. The lowest BCUT2D eigenvalue weighted by Gasteiger charge is -2.24. The summed E-state index contributed by atoms with van der Waals surface area (Å²) in [6.45, 7) is 5.24. The fourth-order valence-electron chi connectivity index (χ4n) is 3.30. The van der Waals surface area contributed by atoms with Crippen LogP contribution in [0.5, 0.6) is 0 Å². The summed E-state index contributed by atoms with van der Waals surface area (Å²) in [4.78, 5) is 35.0. The number of halogens is 1. The predicted octanol–water partition coefficient (Wildman–Crippen LogP) is 1.61. The van der Waals surface area contributed by atoms with Crippen LogP contribution >= 0.6 is 15.9 Å². The number of likely N-dealkylation sites (tertiary alicyclic amines) is 1. The molecule has 7 heteroatoms. The largest absolute Gasteiger partial charge is 0.342 e. The normalized spacial score (nSPS) is 19.4. The Labute approximate surface area is 150 Å². The zero-order valence-corrected chi connectivity index (χ0v) is 15.4. The predicted molar refractivity (Wildman–Crippen MR) is 94.7 cm³/mol. The quantitative estimate of drug-likeness (QED) is 0.781. The summed E-state index contributed by atoms with van der Waals surface area (Å²) in [5.74, 6) is 0.236. The second-order valence-electron chi connectivity index (χ2n) is 6.40. The standard InChI is InChI=1S/C17H23BrN4O2/c18-15-10-14(11-19-12-15)17(24)22-7-3-4-20(8-9-22)13-16(23)21-5-1-2-6-21/h10-12H,1-9,13H2. The second-order valence-corrected chi connectivity index (χ2v) is 7.32. The number of aromatic nitrogens is 1. The Morgan fingerprint density at radius 1 is 0.958 bits per heavy atom. The maximum atomic E-state index is 12.6. The van der Waals surface area contributed by atoms with Crippen LogP contribution in [0.3, 0.4) is 0 Å². The molecule has 2 aliphatic rings. The highest BCUT2D eigenvalue weighted by Crippen LogP contribution is 2.14. The van der Waals surface area contributed by atoms with E-state index in [1.165, 1.54) is 0 Å². The van der Waals surface area contributed by atoms with E-state index in [1.54, 1.807) is 18.5 Å². The number of carbonyl (C=O) groups is 2. The highest BCUT2D eigenvalue weighted by atomic mass is 79.9. The molecular formula is C17H23BrN4O2. The average molecular weight is 395 g/mol. The summed E-state index contributed by atoms with van der Waals surface area (Å²) in [6, 6.07) is 1.80. The molecule has 0 bridgehead atoms. The molecule has 3 rings (SSSR count). The third kappa shape index (κ3) is 4.33. The minimum Gasteiger partial charge on any atom is -0.342 e. The minimum absolute atomic E-state index is 0.0107. The van der Waals surface area contributed by atoms with Crippen molar-refractivity contribution in [3.8, 4) is 0 Å². The lowest BCUT2D eigenvalue weighted by molar-refractivity contribution is -0.131. The van der Waals surface area contributed by atoms with Gasteiger partial charge >= 0.3 is 0 Å². The van der Waals surface area contributed by atoms with Crippen molar-refractivity contribution in [2.24, 2.45) is 0 Å². The Bertz CT molecular complexity index is 604. The fourth-order valence-corrected chi connectivity index (χ4v) is 3.67. The van der Waals surface area contributed by atoms with Crippen LogP contribution in [0.15, 0.2) is 22.9 Å². The van der Waals surface area contributed by atoms with Gasteiger partial charge in [0.1, 0.15) is 0 Å². The molecule has 0 aliphatic carbocycles. The number of hydrogen-bond donors (Lipinski definition) is 0. The van der Waals surface area contributed by atoms with Crippen LogP contribution < -0.4 is 0 Å². The third-order valence-electron chi connectivity index (χ3n) is 4.65. The number of rotatable bonds is 3. The molecule has 0 aromatic carbocycles. The summed E-state index contributed by atoms with van der Waals surface area (Å²) in [5, 5.41) is 0. The van der Waals surface area contributed by atoms with Crippen LogP contribution in [0.1, 0.15) is 29.6 Å². The Balaban J connectivity index is 1.54. The van der Waals surface area contributed by atoms with Crippen LogP contribution in [-0.4, -0.2) is 77.3 Å². The van der Waals surface area contributed by atoms with E-state index < -0.39 is 0 Å². The van der Waals surface area contributed by atoms with Gasteiger partial charge in [-0.25, -0.2) is 0 Å². The second kappa shape index (κ2) is 8.07. The Kier molecular flexibility index (Phi) is 5.84. The summed E-state index contributed by atoms with van der Waals surface area (Å²) in [5.41, 5.74) is 0.603. The van der Waals surface area contributed by atoms with Gasteiger partial charge in [0, 0.05) is 56.1 Å². The molecule has 0 N–H and O–H groups in total. The first-order chi connectivity index (χ1) is 11.6. The maximum absolute atomic E-state index is 12.6. The minimum atomic E-state index is 0.0107. The van der Waals surface area contributed by atoms with Crippen molar-refractivity contribution >= 4 is 27.7 Å². The molecule has 24 heavy (non-hydrogen) atoms. The van der Waals surface area contributed by atoms with Gasteiger partial charge in [-0.1, -0.05) is 0 Å². The molecule has 1 aromatic rings. The van der Waals surface area contributed by atoms with Crippen LogP contribution in [0.25, 0.3) is 0 Å². The van der Waals surface area contributed by atoms with E-state index in [1.807, 2.05) is 9.80 Å².